The molecule has 0 spiro atoms. The van der Waals surface area contributed by atoms with Crippen molar-refractivity contribution in [2.75, 3.05) is 32.5 Å². The molecule has 3 N–H and O–H groups in total. The molecule has 1 unspecified atom stereocenters. The van der Waals surface area contributed by atoms with Crippen molar-refractivity contribution in [3.05, 3.63) is 29.3 Å². The van der Waals surface area contributed by atoms with E-state index < -0.39 is 0 Å². The first kappa shape index (κ1) is 18.3. The maximum absolute atomic E-state index is 13.0. The number of nitrogens with zero attached hydrogens (tertiary/aromatic N) is 2. The zero-order valence-corrected chi connectivity index (χ0v) is 15.2. The number of hydrogen-bond donors (Lipinski definition) is 2. The largest absolute Gasteiger partial charge is 0.338 e. The Morgan fingerprint density at radius 2 is 2.00 bits per heavy atom. The summed E-state index contributed by atoms with van der Waals surface area (Å²) in [5.41, 5.74) is 8.09. The van der Waals surface area contributed by atoms with E-state index in [0.717, 1.165) is 12.0 Å². The van der Waals surface area contributed by atoms with E-state index in [4.69, 9.17) is 5.73 Å². The van der Waals surface area contributed by atoms with Gasteiger partial charge >= 0.3 is 6.03 Å². The van der Waals surface area contributed by atoms with Gasteiger partial charge in [-0.1, -0.05) is 25.5 Å². The van der Waals surface area contributed by atoms with Gasteiger partial charge in [0.25, 0.3) is 5.91 Å². The van der Waals surface area contributed by atoms with Gasteiger partial charge < -0.3 is 20.9 Å². The van der Waals surface area contributed by atoms with Crippen LogP contribution in [0, 0.1) is 12.3 Å². The van der Waals surface area contributed by atoms with E-state index in [0.29, 0.717) is 24.3 Å². The fourth-order valence-electron chi connectivity index (χ4n) is 2.89. The minimum Gasteiger partial charge on any atom is -0.338 e. The number of urea groups is 1. The van der Waals surface area contributed by atoms with Crippen LogP contribution in [0.3, 0.4) is 0 Å². The fraction of sp³-hybridized carbons (Fsp3) is 0.556. The van der Waals surface area contributed by atoms with Crippen LogP contribution in [0.25, 0.3) is 0 Å². The van der Waals surface area contributed by atoms with Crippen molar-refractivity contribution >= 4 is 17.6 Å². The highest BCUT2D eigenvalue weighted by atomic mass is 16.2. The van der Waals surface area contributed by atoms with Crippen molar-refractivity contribution in [1.29, 1.82) is 0 Å². The Hall–Kier alpha value is -2.08. The number of nitrogens with one attached hydrogen (secondary N) is 1. The molecule has 2 rings (SSSR count). The van der Waals surface area contributed by atoms with Gasteiger partial charge in [0.05, 0.1) is 11.3 Å². The maximum atomic E-state index is 13.0. The second-order valence-corrected chi connectivity index (χ2v) is 7.48. The quantitative estimate of drug-likeness (QED) is 0.872. The van der Waals surface area contributed by atoms with Crippen molar-refractivity contribution in [3.8, 4) is 0 Å². The summed E-state index contributed by atoms with van der Waals surface area (Å²) in [6, 6.07) is 5.33. The Labute approximate surface area is 144 Å². The third-order valence-electron chi connectivity index (χ3n) is 4.65. The van der Waals surface area contributed by atoms with Crippen LogP contribution in [-0.4, -0.2) is 55.0 Å². The Morgan fingerprint density at radius 3 is 2.58 bits per heavy atom. The molecule has 1 aliphatic rings. The van der Waals surface area contributed by atoms with Crippen molar-refractivity contribution in [1.82, 2.24) is 9.80 Å². The van der Waals surface area contributed by atoms with Gasteiger partial charge in [-0.05, 0) is 30.9 Å². The first-order valence-electron chi connectivity index (χ1n) is 8.25. The predicted molar refractivity (Wildman–Crippen MR) is 96.2 cm³/mol. The molecule has 1 aliphatic heterocycles. The van der Waals surface area contributed by atoms with E-state index in [9.17, 15) is 9.59 Å². The molecule has 1 fully saturated rings. The molecular formula is C18H28N4O2. The molecule has 3 amide bonds. The van der Waals surface area contributed by atoms with Gasteiger partial charge in [-0.3, -0.25) is 4.79 Å². The molecule has 1 heterocycles. The molecule has 0 radical (unpaired) electrons. The molecule has 0 aliphatic carbocycles. The number of hydrogen-bond acceptors (Lipinski definition) is 3. The van der Waals surface area contributed by atoms with E-state index in [2.05, 4.69) is 19.2 Å². The van der Waals surface area contributed by atoms with Crippen LogP contribution in [-0.2, 0) is 0 Å². The Balaban J connectivity index is 2.28. The molecule has 0 aromatic heterocycles. The number of anilines is 1. The Bertz CT molecular complexity index is 640. The lowest BCUT2D eigenvalue weighted by atomic mass is 9.79. The van der Waals surface area contributed by atoms with Crippen LogP contribution in [0.2, 0.25) is 0 Å². The molecule has 6 nitrogen and oxygen atoms in total. The number of likely N-dealkylation sites (tertiary alicyclic amines) is 1. The molecular weight excluding hydrogens is 304 g/mol. The van der Waals surface area contributed by atoms with E-state index in [1.807, 2.05) is 24.0 Å². The summed E-state index contributed by atoms with van der Waals surface area (Å²) in [6.45, 7) is 7.36. The van der Waals surface area contributed by atoms with Gasteiger partial charge in [0.1, 0.15) is 0 Å². The number of benzene rings is 1. The van der Waals surface area contributed by atoms with Crippen LogP contribution >= 0.6 is 0 Å². The van der Waals surface area contributed by atoms with Gasteiger partial charge in [0.2, 0.25) is 0 Å². The molecule has 1 saturated heterocycles. The summed E-state index contributed by atoms with van der Waals surface area (Å²) in [4.78, 5) is 28.3. The average molecular weight is 332 g/mol. The number of amides is 3. The number of carbonyl (C=O) groups is 2. The highest BCUT2D eigenvalue weighted by molar-refractivity contribution is 6.03. The summed E-state index contributed by atoms with van der Waals surface area (Å²) in [5, 5.41) is 2.80. The fourth-order valence-corrected chi connectivity index (χ4v) is 2.89. The van der Waals surface area contributed by atoms with E-state index in [1.165, 1.54) is 4.90 Å². The number of piperidine rings is 1. The van der Waals surface area contributed by atoms with Crippen LogP contribution in [0.5, 0.6) is 0 Å². The number of nitrogens with two attached hydrogens (primary N) is 1. The maximum Gasteiger partial charge on any atom is 0.321 e. The summed E-state index contributed by atoms with van der Waals surface area (Å²) < 4.78 is 0. The highest BCUT2D eigenvalue weighted by Gasteiger charge is 2.36. The number of aryl methyl sites for hydroxylation is 1. The van der Waals surface area contributed by atoms with Gasteiger partial charge in [0, 0.05) is 33.2 Å². The van der Waals surface area contributed by atoms with Crippen molar-refractivity contribution in [2.45, 2.75) is 33.2 Å². The lowest BCUT2D eigenvalue weighted by Gasteiger charge is -2.42. The first-order valence-corrected chi connectivity index (χ1v) is 8.25. The smallest absolute Gasteiger partial charge is 0.321 e. The van der Waals surface area contributed by atoms with Crippen molar-refractivity contribution in [3.63, 3.8) is 0 Å². The van der Waals surface area contributed by atoms with Crippen LogP contribution in [0.1, 0.15) is 36.2 Å². The molecule has 0 bridgehead atoms. The zero-order chi connectivity index (χ0) is 18.1. The highest BCUT2D eigenvalue weighted by Crippen LogP contribution is 2.30. The van der Waals surface area contributed by atoms with Gasteiger partial charge in [-0.25, -0.2) is 4.79 Å². The summed E-state index contributed by atoms with van der Waals surface area (Å²) in [5.74, 6) is -0.0623. The number of carbonyl (C=O) groups excluding carboxylic acids is 2. The summed E-state index contributed by atoms with van der Waals surface area (Å²) in [7, 11) is 3.33. The van der Waals surface area contributed by atoms with Gasteiger partial charge in [0.15, 0.2) is 0 Å². The second-order valence-electron chi connectivity index (χ2n) is 7.48. The SMILES string of the molecule is Cc1ccc(NC(=O)N(C)C)c(C(=O)N2CCC(N)C(C)(C)C2)c1. The molecule has 24 heavy (non-hydrogen) atoms. The molecule has 0 saturated carbocycles. The van der Waals surface area contributed by atoms with Gasteiger partial charge in [-0.2, -0.15) is 0 Å². The van der Waals surface area contributed by atoms with Crippen LogP contribution in [0.4, 0.5) is 10.5 Å². The van der Waals surface area contributed by atoms with Crippen molar-refractivity contribution in [2.24, 2.45) is 11.1 Å². The van der Waals surface area contributed by atoms with Crippen LogP contribution < -0.4 is 11.1 Å². The molecule has 1 atom stereocenters. The Kier molecular flexibility index (Phi) is 5.18. The van der Waals surface area contributed by atoms with E-state index >= 15 is 0 Å². The van der Waals surface area contributed by atoms with E-state index in [1.54, 1.807) is 20.2 Å². The summed E-state index contributed by atoms with van der Waals surface area (Å²) in [6.07, 6.45) is 0.782. The molecule has 6 heteroatoms. The lowest BCUT2D eigenvalue weighted by Crippen LogP contribution is -2.54. The molecule has 132 valence electrons. The number of rotatable bonds is 2. The minimum atomic E-state index is -0.256. The standard InChI is InChI=1S/C18H28N4O2/c1-12-6-7-14(20-17(24)21(4)5)13(10-12)16(23)22-9-8-15(19)18(2,3)11-22/h6-7,10,15H,8-9,11,19H2,1-5H3,(H,20,24). The van der Waals surface area contributed by atoms with Gasteiger partial charge in [-0.15, -0.1) is 0 Å². The van der Waals surface area contributed by atoms with E-state index in [-0.39, 0.29) is 23.4 Å². The second kappa shape index (κ2) is 6.81. The lowest BCUT2D eigenvalue weighted by molar-refractivity contribution is 0.0534. The molecule has 1 aromatic carbocycles. The Morgan fingerprint density at radius 1 is 1.33 bits per heavy atom. The third-order valence-corrected chi connectivity index (χ3v) is 4.65. The zero-order valence-electron chi connectivity index (χ0n) is 15.2. The topological polar surface area (TPSA) is 78.7 Å². The van der Waals surface area contributed by atoms with Crippen molar-refractivity contribution < 1.29 is 9.59 Å². The minimum absolute atomic E-state index is 0.0623. The normalized spacial score (nSPS) is 19.8. The monoisotopic (exact) mass is 332 g/mol. The van der Waals surface area contributed by atoms with Crippen LogP contribution in [0.15, 0.2) is 18.2 Å². The summed E-state index contributed by atoms with van der Waals surface area (Å²) >= 11 is 0. The molecule has 1 aromatic rings. The third kappa shape index (κ3) is 3.87. The first-order chi connectivity index (χ1) is 11.1. The predicted octanol–water partition coefficient (Wildman–Crippen LogP) is 2.29. The average Bonchev–Trinajstić information content (AvgIpc) is 2.50.